The topological polar surface area (TPSA) is 34.2 Å². The second-order valence-corrected chi connectivity index (χ2v) is 5.85. The zero-order chi connectivity index (χ0) is 12.9. The van der Waals surface area contributed by atoms with Gasteiger partial charge in [-0.15, -0.1) is 0 Å². The van der Waals surface area contributed by atoms with E-state index in [0.29, 0.717) is 12.7 Å². The van der Waals surface area contributed by atoms with Crippen molar-refractivity contribution in [2.45, 2.75) is 70.2 Å². The van der Waals surface area contributed by atoms with E-state index in [4.69, 9.17) is 4.74 Å². The quantitative estimate of drug-likeness (QED) is 0.853. The highest BCUT2D eigenvalue weighted by Gasteiger charge is 2.20. The van der Waals surface area contributed by atoms with Crippen molar-refractivity contribution in [2.75, 3.05) is 0 Å². The van der Waals surface area contributed by atoms with Crippen LogP contribution in [0.3, 0.4) is 0 Å². The van der Waals surface area contributed by atoms with Crippen LogP contribution in [-0.4, -0.2) is 17.1 Å². The van der Waals surface area contributed by atoms with Crippen LogP contribution in [0, 0.1) is 0 Å². The molecule has 2 aliphatic carbocycles. The summed E-state index contributed by atoms with van der Waals surface area (Å²) >= 11 is 0. The van der Waals surface area contributed by atoms with E-state index < -0.39 is 0 Å². The minimum atomic E-state index is 0.462. The van der Waals surface area contributed by atoms with Gasteiger partial charge in [0.05, 0.1) is 24.1 Å². The first kappa shape index (κ1) is 13.1. The molecule has 1 heterocycles. The van der Waals surface area contributed by atoms with E-state index in [2.05, 4.69) is 28.5 Å². The van der Waals surface area contributed by atoms with Crippen molar-refractivity contribution in [1.29, 1.82) is 0 Å². The van der Waals surface area contributed by atoms with Gasteiger partial charge in [0, 0.05) is 12.6 Å². The lowest BCUT2D eigenvalue weighted by atomic mass is 9.98. The monoisotopic (exact) mass is 260 g/mol. The van der Waals surface area contributed by atoms with Crippen molar-refractivity contribution >= 4 is 0 Å². The third-order valence-electron chi connectivity index (χ3n) is 4.03. The minimum Gasteiger partial charge on any atom is -0.372 e. The molecule has 104 valence electrons. The summed E-state index contributed by atoms with van der Waals surface area (Å²) in [5, 5.41) is 3.50. The summed E-state index contributed by atoms with van der Waals surface area (Å²) in [6.07, 6.45) is 9.58. The molecule has 0 atom stereocenters. The van der Waals surface area contributed by atoms with Crippen molar-refractivity contribution in [3.05, 3.63) is 29.6 Å². The van der Waals surface area contributed by atoms with Gasteiger partial charge in [0.15, 0.2) is 0 Å². The summed E-state index contributed by atoms with van der Waals surface area (Å²) < 4.78 is 5.98. The molecular weight excluding hydrogens is 236 g/mol. The minimum absolute atomic E-state index is 0.462. The highest BCUT2D eigenvalue weighted by Crippen LogP contribution is 2.21. The number of ether oxygens (including phenoxy) is 1. The summed E-state index contributed by atoms with van der Waals surface area (Å²) in [5.41, 5.74) is 2.21. The van der Waals surface area contributed by atoms with Crippen LogP contribution in [0.15, 0.2) is 18.2 Å². The Morgan fingerprint density at radius 2 is 1.84 bits per heavy atom. The fourth-order valence-electron chi connectivity index (χ4n) is 2.68. The van der Waals surface area contributed by atoms with Gasteiger partial charge in [-0.05, 0) is 37.8 Å². The Morgan fingerprint density at radius 3 is 2.63 bits per heavy atom. The molecule has 2 saturated carbocycles. The Kier molecular flexibility index (Phi) is 4.46. The van der Waals surface area contributed by atoms with Crippen LogP contribution in [0.2, 0.25) is 0 Å². The lowest BCUT2D eigenvalue weighted by molar-refractivity contribution is 0.0152. The van der Waals surface area contributed by atoms with E-state index in [1.807, 2.05) is 0 Å². The van der Waals surface area contributed by atoms with Crippen LogP contribution in [0.25, 0.3) is 0 Å². The van der Waals surface area contributed by atoms with Crippen molar-refractivity contribution < 1.29 is 4.74 Å². The van der Waals surface area contributed by atoms with Crippen LogP contribution < -0.4 is 5.32 Å². The van der Waals surface area contributed by atoms with Crippen molar-refractivity contribution in [2.24, 2.45) is 0 Å². The van der Waals surface area contributed by atoms with Crippen LogP contribution in [0.5, 0.6) is 0 Å². The third-order valence-corrected chi connectivity index (χ3v) is 4.03. The maximum Gasteiger partial charge on any atom is 0.0891 e. The number of aromatic nitrogens is 1. The Balaban J connectivity index is 1.47. The molecule has 1 aromatic heterocycles. The van der Waals surface area contributed by atoms with Gasteiger partial charge in [-0.2, -0.15) is 0 Å². The summed E-state index contributed by atoms with van der Waals surface area (Å²) in [6, 6.07) is 7.00. The number of nitrogens with one attached hydrogen (secondary N) is 1. The lowest BCUT2D eigenvalue weighted by Gasteiger charge is -2.21. The van der Waals surface area contributed by atoms with Gasteiger partial charge < -0.3 is 10.1 Å². The fraction of sp³-hybridized carbons (Fsp3) is 0.688. The highest BCUT2D eigenvalue weighted by atomic mass is 16.5. The maximum absolute atomic E-state index is 5.98. The van der Waals surface area contributed by atoms with E-state index in [0.717, 1.165) is 24.0 Å². The first-order valence-corrected chi connectivity index (χ1v) is 7.70. The molecule has 0 bridgehead atoms. The molecule has 3 rings (SSSR count). The fourth-order valence-corrected chi connectivity index (χ4v) is 2.68. The first-order chi connectivity index (χ1) is 9.40. The molecule has 0 aliphatic heterocycles. The summed E-state index contributed by atoms with van der Waals surface area (Å²) in [5.74, 6) is 0. The number of hydrogen-bond acceptors (Lipinski definition) is 3. The van der Waals surface area contributed by atoms with E-state index in [-0.39, 0.29) is 0 Å². The summed E-state index contributed by atoms with van der Waals surface area (Å²) in [7, 11) is 0. The SMILES string of the molecule is c1cc(CNC2CC2)nc(COC2CCCCC2)c1. The van der Waals surface area contributed by atoms with E-state index in [1.54, 1.807) is 0 Å². The second-order valence-electron chi connectivity index (χ2n) is 5.85. The number of hydrogen-bond donors (Lipinski definition) is 1. The molecule has 3 nitrogen and oxygen atoms in total. The molecule has 0 unspecified atom stereocenters. The molecule has 19 heavy (non-hydrogen) atoms. The average Bonchev–Trinajstić information content (AvgIpc) is 3.29. The summed E-state index contributed by atoms with van der Waals surface area (Å²) in [4.78, 5) is 4.67. The predicted molar refractivity (Wildman–Crippen MR) is 75.8 cm³/mol. The van der Waals surface area contributed by atoms with Gasteiger partial charge in [0.1, 0.15) is 0 Å². The largest absolute Gasteiger partial charge is 0.372 e. The molecule has 1 N–H and O–H groups in total. The Labute approximate surface area is 115 Å². The molecule has 1 aromatic rings. The van der Waals surface area contributed by atoms with E-state index in [1.165, 1.54) is 44.9 Å². The standard InChI is InChI=1S/C16H24N2O/c1-2-7-16(8-3-1)19-12-15-6-4-5-14(18-15)11-17-13-9-10-13/h4-6,13,16-17H,1-3,7-12H2. The molecule has 0 amide bonds. The smallest absolute Gasteiger partial charge is 0.0891 e. The highest BCUT2D eigenvalue weighted by molar-refractivity contribution is 5.11. The summed E-state index contributed by atoms with van der Waals surface area (Å²) in [6.45, 7) is 1.56. The van der Waals surface area contributed by atoms with Crippen LogP contribution in [-0.2, 0) is 17.9 Å². The average molecular weight is 260 g/mol. The van der Waals surface area contributed by atoms with Gasteiger partial charge >= 0.3 is 0 Å². The van der Waals surface area contributed by atoms with E-state index in [9.17, 15) is 0 Å². The van der Waals surface area contributed by atoms with Crippen LogP contribution in [0.4, 0.5) is 0 Å². The molecular formula is C16H24N2O. The molecule has 0 spiro atoms. The van der Waals surface area contributed by atoms with E-state index >= 15 is 0 Å². The maximum atomic E-state index is 5.98. The van der Waals surface area contributed by atoms with Crippen LogP contribution >= 0.6 is 0 Å². The number of pyridine rings is 1. The first-order valence-electron chi connectivity index (χ1n) is 7.70. The molecule has 2 aliphatic rings. The molecule has 0 aromatic carbocycles. The van der Waals surface area contributed by atoms with Crippen molar-refractivity contribution in [3.63, 3.8) is 0 Å². The second kappa shape index (κ2) is 6.49. The van der Waals surface area contributed by atoms with Crippen molar-refractivity contribution in [1.82, 2.24) is 10.3 Å². The third kappa shape index (κ3) is 4.29. The van der Waals surface area contributed by atoms with Gasteiger partial charge in [0.2, 0.25) is 0 Å². The number of rotatable bonds is 6. The number of nitrogens with zero attached hydrogens (tertiary/aromatic N) is 1. The Morgan fingerprint density at radius 1 is 1.05 bits per heavy atom. The normalized spacial score (nSPS) is 20.6. The lowest BCUT2D eigenvalue weighted by Crippen LogP contribution is -2.18. The molecule has 3 heteroatoms. The Hall–Kier alpha value is -0.930. The zero-order valence-corrected chi connectivity index (χ0v) is 11.6. The molecule has 0 saturated heterocycles. The predicted octanol–water partition coefficient (Wildman–Crippen LogP) is 3.18. The van der Waals surface area contributed by atoms with Gasteiger partial charge in [0.25, 0.3) is 0 Å². The zero-order valence-electron chi connectivity index (χ0n) is 11.6. The Bertz CT molecular complexity index is 397. The van der Waals surface area contributed by atoms with Gasteiger partial charge in [-0.3, -0.25) is 4.98 Å². The van der Waals surface area contributed by atoms with Crippen molar-refractivity contribution in [3.8, 4) is 0 Å². The van der Waals surface area contributed by atoms with Crippen LogP contribution in [0.1, 0.15) is 56.3 Å². The van der Waals surface area contributed by atoms with Gasteiger partial charge in [-0.1, -0.05) is 25.3 Å². The molecule has 0 radical (unpaired) electrons. The van der Waals surface area contributed by atoms with Gasteiger partial charge in [-0.25, -0.2) is 0 Å². The molecule has 2 fully saturated rings.